The van der Waals surface area contributed by atoms with Gasteiger partial charge in [-0.25, -0.2) is 0 Å². The van der Waals surface area contributed by atoms with Gasteiger partial charge in [0, 0.05) is 26.8 Å². The molecule has 0 bridgehead atoms. The summed E-state index contributed by atoms with van der Waals surface area (Å²) in [4.78, 5) is 0. The summed E-state index contributed by atoms with van der Waals surface area (Å²) >= 11 is 20.6. The first-order valence-electron chi connectivity index (χ1n) is 4.05. The van der Waals surface area contributed by atoms with E-state index in [4.69, 9.17) is 30.1 Å². The fourth-order valence-corrected chi connectivity index (χ4v) is 4.55. The molecule has 1 rings (SSSR count). The topological polar surface area (TPSA) is 138 Å². The average molecular weight is 865 g/mol. The fourth-order valence-electron chi connectivity index (χ4n) is 0.578. The van der Waals surface area contributed by atoms with Crippen molar-refractivity contribution < 1.29 is 88.6 Å². The summed E-state index contributed by atoms with van der Waals surface area (Å²) in [6.07, 6.45) is 0. The molecule has 0 aliphatic rings. The zero-order chi connectivity index (χ0) is 16.6. The second-order valence-electron chi connectivity index (χ2n) is 2.46. The van der Waals surface area contributed by atoms with Crippen LogP contribution in [0.2, 0.25) is 0 Å². The summed E-state index contributed by atoms with van der Waals surface area (Å²) in [5.41, 5.74) is 0. The molecule has 0 heterocycles. The van der Waals surface area contributed by atoms with Crippen molar-refractivity contribution >= 4 is 110 Å². The summed E-state index contributed by atoms with van der Waals surface area (Å²) in [7, 11) is -5.83. The van der Waals surface area contributed by atoms with Gasteiger partial charge in [0.05, 0.1) is 0 Å². The molecule has 23 heavy (non-hydrogen) atoms. The first-order chi connectivity index (χ1) is 8.93. The summed E-state index contributed by atoms with van der Waals surface area (Å²) in [6.45, 7) is 0. The third kappa shape index (κ3) is 19.0. The number of hydrogen-bond donors (Lipinski definition) is 0. The van der Waals surface area contributed by atoms with Crippen LogP contribution >= 0.6 is 95.6 Å². The molecule has 0 unspecified atom stereocenters. The van der Waals surface area contributed by atoms with Crippen LogP contribution in [0.3, 0.4) is 0 Å². The van der Waals surface area contributed by atoms with Crippen LogP contribution in [0.1, 0.15) is 0 Å². The van der Waals surface area contributed by atoms with Crippen LogP contribution in [0.4, 0.5) is 0 Å². The predicted molar refractivity (Wildman–Crippen MR) is 84.2 cm³/mol. The number of hydrogen-bond acceptors (Lipinski definition) is 6. The van der Waals surface area contributed by atoms with Gasteiger partial charge < -0.3 is 30.1 Å². The normalized spacial score (nSPS) is 7.83. The molecule has 6 nitrogen and oxygen atoms in total. The molecule has 0 atom stereocenters. The third-order valence-corrected chi connectivity index (χ3v) is 9.11. The van der Waals surface area contributed by atoms with Crippen LogP contribution in [0.25, 0.3) is 0 Å². The molecule has 17 heteroatoms. The van der Waals surface area contributed by atoms with Gasteiger partial charge in [-0.3, -0.25) is 14.6 Å². The van der Waals surface area contributed by atoms with Crippen molar-refractivity contribution in [3.8, 4) is 0 Å². The van der Waals surface area contributed by atoms with Gasteiger partial charge in [0.25, 0.3) is 0 Å². The maximum Gasteiger partial charge on any atom is 2.00 e. The molecule has 0 amide bonds. The van der Waals surface area contributed by atoms with Gasteiger partial charge in [-0.1, -0.05) is 0 Å². The summed E-state index contributed by atoms with van der Waals surface area (Å²) in [5.74, 6) is 0. The van der Waals surface area contributed by atoms with Crippen molar-refractivity contribution in [1.29, 1.82) is 0 Å². The van der Waals surface area contributed by atoms with E-state index in [0.29, 0.717) is 0 Å². The molecular formula is C6B2Br6O6Zn3. The van der Waals surface area contributed by atoms with E-state index in [1.54, 1.807) is 0 Å². The Labute approximate surface area is 222 Å². The molecular weight excluding hydrogens is 865 g/mol. The first kappa shape index (κ1) is 37.6. The summed E-state index contributed by atoms with van der Waals surface area (Å²) in [5, 5.41) is 50.5. The molecule has 0 aliphatic heterocycles. The number of benzene rings is 1. The predicted octanol–water partition coefficient (Wildman–Crippen LogP) is -1.64. The van der Waals surface area contributed by atoms with Crippen molar-refractivity contribution in [3.63, 3.8) is 0 Å². The zero-order valence-electron chi connectivity index (χ0n) is 11.0. The Morgan fingerprint density at radius 2 is 0.435 bits per heavy atom. The SMILES string of the molecule is Brc1c(Br)c(Br)c(Br)c(Br)c1Br.[O-]B([O-])[O-].[O-]B([O-])[O-].[Zn+2].[Zn+2].[Zn+2]. The van der Waals surface area contributed by atoms with Crippen LogP contribution in [0.15, 0.2) is 26.8 Å². The molecule has 1 aromatic rings. The minimum Gasteiger partial charge on any atom is -0.907 e. The van der Waals surface area contributed by atoms with Crippen molar-refractivity contribution in [3.05, 3.63) is 26.8 Å². The van der Waals surface area contributed by atoms with E-state index in [1.807, 2.05) is 0 Å². The first-order valence-corrected chi connectivity index (χ1v) is 8.81. The Balaban J connectivity index is -0.0000000844. The van der Waals surface area contributed by atoms with E-state index in [0.717, 1.165) is 26.8 Å². The molecule has 114 valence electrons. The van der Waals surface area contributed by atoms with Gasteiger partial charge in [0.1, 0.15) is 0 Å². The van der Waals surface area contributed by atoms with Crippen molar-refractivity contribution in [2.24, 2.45) is 0 Å². The van der Waals surface area contributed by atoms with E-state index >= 15 is 0 Å². The van der Waals surface area contributed by atoms with E-state index in [-0.39, 0.29) is 58.4 Å². The molecule has 0 N–H and O–H groups in total. The minimum absolute atomic E-state index is 0. The van der Waals surface area contributed by atoms with E-state index in [1.165, 1.54) is 0 Å². The van der Waals surface area contributed by atoms with Crippen LogP contribution in [0.5, 0.6) is 0 Å². The fraction of sp³-hybridized carbons (Fsp3) is 0. The third-order valence-electron chi connectivity index (χ3n) is 1.16. The van der Waals surface area contributed by atoms with Crippen LogP contribution < -0.4 is 30.1 Å². The van der Waals surface area contributed by atoms with Crippen LogP contribution in [-0.2, 0) is 58.4 Å². The maximum absolute atomic E-state index is 8.42. The summed E-state index contributed by atoms with van der Waals surface area (Å²) < 4.78 is 5.86. The van der Waals surface area contributed by atoms with Crippen molar-refractivity contribution in [1.82, 2.24) is 0 Å². The Bertz CT molecular complexity index is 329. The molecule has 0 aliphatic carbocycles. The van der Waals surface area contributed by atoms with Gasteiger partial charge in [-0.2, -0.15) is 0 Å². The van der Waals surface area contributed by atoms with E-state index < -0.39 is 14.6 Å². The number of rotatable bonds is 0. The zero-order valence-corrected chi connectivity index (χ0v) is 29.4. The molecule has 0 spiro atoms. The maximum atomic E-state index is 8.42. The Kier molecular flexibility index (Phi) is 33.7. The molecule has 0 saturated carbocycles. The summed E-state index contributed by atoms with van der Waals surface area (Å²) in [6, 6.07) is 0. The molecule has 0 aromatic heterocycles. The molecule has 0 radical (unpaired) electrons. The monoisotopic (exact) mass is 855 g/mol. The smallest absolute Gasteiger partial charge is 0.907 e. The van der Waals surface area contributed by atoms with Gasteiger partial charge in [0.2, 0.25) is 0 Å². The van der Waals surface area contributed by atoms with Gasteiger partial charge >= 0.3 is 58.4 Å². The Hall–Kier alpha value is 3.86. The molecule has 0 saturated heterocycles. The van der Waals surface area contributed by atoms with E-state index in [2.05, 4.69) is 95.6 Å². The second kappa shape index (κ2) is 20.6. The van der Waals surface area contributed by atoms with Crippen molar-refractivity contribution in [2.45, 2.75) is 0 Å². The second-order valence-corrected chi connectivity index (χ2v) is 7.22. The number of halogens is 6. The van der Waals surface area contributed by atoms with Crippen LogP contribution in [-0.4, -0.2) is 14.6 Å². The van der Waals surface area contributed by atoms with Crippen molar-refractivity contribution in [2.75, 3.05) is 0 Å². The molecule has 0 fully saturated rings. The average Bonchev–Trinajstić information content (AvgIpc) is 2.30. The molecule has 1 aromatic carbocycles. The quantitative estimate of drug-likeness (QED) is 0.175. The van der Waals surface area contributed by atoms with Gasteiger partial charge in [-0.15, -0.1) is 0 Å². The minimum atomic E-state index is -2.92. The Morgan fingerprint density at radius 3 is 0.478 bits per heavy atom. The van der Waals surface area contributed by atoms with Gasteiger partial charge in [0.15, 0.2) is 0 Å². The van der Waals surface area contributed by atoms with Crippen LogP contribution in [0, 0.1) is 0 Å². The Morgan fingerprint density at radius 1 is 0.391 bits per heavy atom. The van der Waals surface area contributed by atoms with E-state index in [9.17, 15) is 0 Å². The largest absolute Gasteiger partial charge is 2.00 e. The van der Waals surface area contributed by atoms with Gasteiger partial charge in [-0.05, 0) is 95.6 Å². The standard InChI is InChI=1S/C6Br6.2BO3.3Zn/c7-1-2(8)4(10)6(12)5(11)3(1)9;2*2-1(3)4;;;/q;2*-3;3*+2.